The Morgan fingerprint density at radius 1 is 1.29 bits per heavy atom. The number of rotatable bonds is 0. The smallest absolute Gasteiger partial charge is 0 e. The second-order valence-corrected chi connectivity index (χ2v) is 1.63. The molecule has 0 rings (SSSR count). The van der Waals surface area contributed by atoms with E-state index in [1.54, 1.807) is 0 Å². The van der Waals surface area contributed by atoms with E-state index in [1.165, 1.54) is 0 Å². The van der Waals surface area contributed by atoms with Crippen LogP contribution in [0.15, 0.2) is 0 Å². The summed E-state index contributed by atoms with van der Waals surface area (Å²) in [7, 11) is 0. The van der Waals surface area contributed by atoms with E-state index in [-0.39, 0.29) is 71.4 Å². The summed E-state index contributed by atoms with van der Waals surface area (Å²) in [4.78, 5) is 0. The molecule has 0 aromatic rings. The van der Waals surface area contributed by atoms with Crippen molar-refractivity contribution in [3.63, 3.8) is 0 Å². The maximum absolute atomic E-state index is 8.69. The summed E-state index contributed by atoms with van der Waals surface area (Å²) in [6.45, 7) is 0. The normalized spacial score (nSPS) is 8.14. The Kier molecular flexibility index (Phi) is 14.3. The van der Waals surface area contributed by atoms with Crippen molar-refractivity contribution < 1.29 is 100 Å². The summed E-state index contributed by atoms with van der Waals surface area (Å²) >= 11 is -5.38. The molecule has 39 valence electrons. The van der Waals surface area contributed by atoms with Crippen LogP contribution in [-0.4, -0.2) is 4.19 Å². The van der Waals surface area contributed by atoms with E-state index in [0.29, 0.717) is 0 Å². The molecular weight excluding hydrogens is 209 g/mol. The molecule has 0 aliphatic rings. The summed E-state index contributed by atoms with van der Waals surface area (Å²) < 4.78 is 33.1. The van der Waals surface area contributed by atoms with Crippen LogP contribution in [0.2, 0.25) is 0 Å². The SMILES string of the molecule is [H-].[K+].[O]=[Mn](=[O])(=[O])[OH].[V]. The van der Waals surface area contributed by atoms with Crippen molar-refractivity contribution in [2.24, 2.45) is 0 Å². The molecule has 0 aliphatic carbocycles. The fraction of sp³-hybridized carbons (Fsp3) is 0. The Bertz CT molecular complexity index is 137. The third kappa shape index (κ3) is 68.3. The van der Waals surface area contributed by atoms with Gasteiger partial charge in [-0.15, -0.1) is 0 Å². The molecule has 7 heteroatoms. The minimum Gasteiger partial charge on any atom is 0 e. The van der Waals surface area contributed by atoms with E-state index < -0.39 is 13.0 Å². The van der Waals surface area contributed by atoms with E-state index >= 15 is 0 Å². The molecule has 1 radical (unpaired) electrons. The maximum atomic E-state index is 8.69. The predicted molar refractivity (Wildman–Crippen MR) is 5.39 cm³/mol. The Hall–Kier alpha value is 2.10. The van der Waals surface area contributed by atoms with Crippen LogP contribution in [0.25, 0.3) is 0 Å². The summed E-state index contributed by atoms with van der Waals surface area (Å²) in [5.41, 5.74) is 0. The fourth-order valence-corrected chi connectivity index (χ4v) is 0. The zero-order chi connectivity index (χ0) is 4.50. The zero-order valence-electron chi connectivity index (χ0n) is 4.50. The van der Waals surface area contributed by atoms with Gasteiger partial charge >= 0.3 is 80.0 Å². The molecule has 0 fully saturated rings. The molecule has 0 unspecified atom stereocenters. The van der Waals surface area contributed by atoms with Gasteiger partial charge in [0.15, 0.2) is 0 Å². The molecular formula is H2KMnO4V. The van der Waals surface area contributed by atoms with Gasteiger partial charge in [0.1, 0.15) is 0 Å². The minimum absolute atomic E-state index is 0. The molecule has 4 nitrogen and oxygen atoms in total. The summed E-state index contributed by atoms with van der Waals surface area (Å²) in [5.74, 6) is 0. The Labute approximate surface area is 98.0 Å². The first kappa shape index (κ1) is 16.0. The van der Waals surface area contributed by atoms with Crippen LogP contribution in [0.4, 0.5) is 0 Å². The molecule has 0 aromatic carbocycles. The minimum atomic E-state index is -5.38. The third-order valence-electron chi connectivity index (χ3n) is 0. The molecule has 1 N–H and O–H groups in total. The van der Waals surface area contributed by atoms with Gasteiger partial charge in [0.25, 0.3) is 0 Å². The van der Waals surface area contributed by atoms with Gasteiger partial charge in [0.05, 0.1) is 0 Å². The van der Waals surface area contributed by atoms with Crippen LogP contribution < -0.4 is 51.4 Å². The van der Waals surface area contributed by atoms with E-state index in [2.05, 4.69) is 0 Å². The molecule has 0 saturated carbocycles. The van der Waals surface area contributed by atoms with Crippen molar-refractivity contribution in [3.8, 4) is 0 Å². The van der Waals surface area contributed by atoms with Crippen molar-refractivity contribution in [2.45, 2.75) is 0 Å². The number of hydrogen-bond donors (Lipinski definition) is 1. The van der Waals surface area contributed by atoms with Gasteiger partial charge in [-0.05, 0) is 0 Å². The van der Waals surface area contributed by atoms with Crippen LogP contribution >= 0.6 is 0 Å². The molecule has 0 amide bonds. The predicted octanol–water partition coefficient (Wildman–Crippen LogP) is -3.80. The largest absolute Gasteiger partial charge is 0 e. The van der Waals surface area contributed by atoms with Crippen molar-refractivity contribution in [2.75, 3.05) is 0 Å². The molecule has 0 aliphatic heterocycles. The summed E-state index contributed by atoms with van der Waals surface area (Å²) in [5, 5.41) is 0. The molecule has 0 saturated heterocycles. The molecule has 0 aromatic heterocycles. The van der Waals surface area contributed by atoms with Crippen LogP contribution in [-0.2, 0) is 43.0 Å². The van der Waals surface area contributed by atoms with E-state index in [9.17, 15) is 0 Å². The number of hydrogen-bond acceptors (Lipinski definition) is 3. The second-order valence-electron chi connectivity index (χ2n) is 0.396. The quantitative estimate of drug-likeness (QED) is 0.417. The molecule has 0 spiro atoms. The van der Waals surface area contributed by atoms with Crippen LogP contribution in [0, 0.1) is 0 Å². The molecule has 7 heavy (non-hydrogen) atoms. The first-order valence-electron chi connectivity index (χ1n) is 0.632. The average molecular weight is 211 g/mol. The molecule has 0 atom stereocenters. The van der Waals surface area contributed by atoms with Gasteiger partial charge in [0.2, 0.25) is 0 Å². The third-order valence-corrected chi connectivity index (χ3v) is 0. The standard InChI is InChI=1S/K.Mn.H2O.3O.V.H/h;;1H2;;;;;/q2*+1;;;;;;-1/p-1. The molecule has 0 bridgehead atoms. The van der Waals surface area contributed by atoms with E-state index in [4.69, 9.17) is 15.7 Å². The van der Waals surface area contributed by atoms with Gasteiger partial charge in [-0.3, -0.25) is 0 Å². The molecule has 0 heterocycles. The summed E-state index contributed by atoms with van der Waals surface area (Å²) in [6, 6.07) is 0. The Balaban J connectivity index is -0.0000000267. The van der Waals surface area contributed by atoms with Crippen LogP contribution in [0.1, 0.15) is 1.43 Å². The van der Waals surface area contributed by atoms with Gasteiger partial charge in [-0.25, -0.2) is 0 Å². The van der Waals surface area contributed by atoms with Crippen molar-refractivity contribution in [1.82, 2.24) is 0 Å². The zero-order valence-corrected chi connectivity index (χ0v) is 9.20. The summed E-state index contributed by atoms with van der Waals surface area (Å²) in [6.07, 6.45) is 0. The van der Waals surface area contributed by atoms with Crippen LogP contribution in [0.3, 0.4) is 0 Å². The van der Waals surface area contributed by atoms with E-state index in [0.717, 1.165) is 0 Å². The topological polar surface area (TPSA) is 71.4 Å². The van der Waals surface area contributed by atoms with Gasteiger partial charge in [-0.1, -0.05) is 0 Å². The van der Waals surface area contributed by atoms with Gasteiger partial charge in [-0.2, -0.15) is 0 Å². The fourth-order valence-electron chi connectivity index (χ4n) is 0. The van der Waals surface area contributed by atoms with Gasteiger partial charge in [0, 0.05) is 18.6 Å². The van der Waals surface area contributed by atoms with Crippen molar-refractivity contribution in [1.29, 1.82) is 0 Å². The first-order chi connectivity index (χ1) is 2.00. The monoisotopic (exact) mass is 211 g/mol. The first-order valence-corrected chi connectivity index (χ1v) is 2.61. The maximum Gasteiger partial charge on any atom is 0 e. The average Bonchev–Trinajstić information content (AvgIpc) is 0.722. The Morgan fingerprint density at radius 2 is 1.29 bits per heavy atom. The van der Waals surface area contributed by atoms with Crippen molar-refractivity contribution >= 4 is 0 Å². The van der Waals surface area contributed by atoms with E-state index in [1.807, 2.05) is 0 Å². The second kappa shape index (κ2) is 6.22. The van der Waals surface area contributed by atoms with Crippen LogP contribution in [0.5, 0.6) is 0 Å². The van der Waals surface area contributed by atoms with Gasteiger partial charge < -0.3 is 1.43 Å². The van der Waals surface area contributed by atoms with Crippen molar-refractivity contribution in [3.05, 3.63) is 0 Å². The Morgan fingerprint density at radius 3 is 1.29 bits per heavy atom.